The highest BCUT2D eigenvalue weighted by molar-refractivity contribution is 7.07. The van der Waals surface area contributed by atoms with E-state index < -0.39 is 0 Å². The van der Waals surface area contributed by atoms with Crippen LogP contribution in [0.25, 0.3) is 0 Å². The molecule has 2 aromatic rings. The Bertz CT molecular complexity index is 752. The molecule has 0 aliphatic rings. The predicted octanol–water partition coefficient (Wildman–Crippen LogP) is 5.59. The molecule has 136 valence electrons. The van der Waals surface area contributed by atoms with Crippen LogP contribution in [0.5, 0.6) is 10.9 Å². The highest BCUT2D eigenvalue weighted by Gasteiger charge is 2.20. The number of benzene rings is 1. The first-order valence-electron chi connectivity index (χ1n) is 8.27. The van der Waals surface area contributed by atoms with Crippen LogP contribution in [0.15, 0.2) is 17.1 Å². The Morgan fingerprint density at radius 2 is 2.08 bits per heavy atom. The second kappa shape index (κ2) is 8.15. The zero-order valence-corrected chi connectivity index (χ0v) is 17.2. The third kappa shape index (κ3) is 5.41. The molecule has 1 aromatic heterocycles. The molecule has 0 saturated carbocycles. The normalized spacial score (nSPS) is 12.0. The summed E-state index contributed by atoms with van der Waals surface area (Å²) < 4.78 is 10.2. The van der Waals surface area contributed by atoms with Crippen molar-refractivity contribution >= 4 is 35.2 Å². The monoisotopic (exact) mass is 380 g/mol. The van der Waals surface area contributed by atoms with Crippen LogP contribution in [0.3, 0.4) is 0 Å². The van der Waals surface area contributed by atoms with E-state index in [-0.39, 0.29) is 5.41 Å². The Hall–Kier alpha value is -1.66. The Kier molecular flexibility index (Phi) is 6.41. The van der Waals surface area contributed by atoms with Crippen LogP contribution >= 0.6 is 23.1 Å². The molecule has 0 N–H and O–H groups in total. The fourth-order valence-corrected chi connectivity index (χ4v) is 3.01. The van der Waals surface area contributed by atoms with Crippen molar-refractivity contribution in [2.45, 2.75) is 46.5 Å². The minimum absolute atomic E-state index is 0.103. The molecule has 0 spiro atoms. The third-order valence-electron chi connectivity index (χ3n) is 3.49. The molecule has 1 aromatic carbocycles. The summed E-state index contributed by atoms with van der Waals surface area (Å²) in [6, 6.07) is 3.70. The molecule has 5 nitrogen and oxygen atoms in total. The van der Waals surface area contributed by atoms with Crippen molar-refractivity contribution in [2.24, 2.45) is 4.99 Å². The first kappa shape index (κ1) is 19.7. The van der Waals surface area contributed by atoms with E-state index in [1.165, 1.54) is 11.5 Å². The smallest absolute Gasteiger partial charge is 0.298 e. The van der Waals surface area contributed by atoms with Gasteiger partial charge in [0, 0.05) is 36.6 Å². The van der Waals surface area contributed by atoms with Crippen molar-refractivity contribution < 1.29 is 4.74 Å². The van der Waals surface area contributed by atoms with Crippen LogP contribution in [-0.4, -0.2) is 34.2 Å². The fraction of sp³-hybridized carbons (Fsp3) is 0.500. The van der Waals surface area contributed by atoms with Gasteiger partial charge in [-0.3, -0.25) is 0 Å². The van der Waals surface area contributed by atoms with E-state index in [4.69, 9.17) is 16.3 Å². The summed E-state index contributed by atoms with van der Waals surface area (Å²) >= 11 is 7.61. The van der Waals surface area contributed by atoms with E-state index in [0.29, 0.717) is 16.0 Å². The molecule has 25 heavy (non-hydrogen) atoms. The van der Waals surface area contributed by atoms with E-state index in [1.54, 1.807) is 12.4 Å². The van der Waals surface area contributed by atoms with Gasteiger partial charge in [0.1, 0.15) is 5.75 Å². The lowest BCUT2D eigenvalue weighted by Crippen LogP contribution is -2.16. The Balaban J connectivity index is 2.18. The van der Waals surface area contributed by atoms with E-state index in [9.17, 15) is 0 Å². The van der Waals surface area contributed by atoms with Crippen molar-refractivity contribution in [2.75, 3.05) is 13.6 Å². The number of aromatic nitrogens is 2. The molecular weight excluding hydrogens is 356 g/mol. The molecule has 0 aliphatic carbocycles. The predicted molar refractivity (Wildman–Crippen MR) is 106 cm³/mol. The largest absolute Gasteiger partial charge is 0.430 e. The topological polar surface area (TPSA) is 50.6 Å². The van der Waals surface area contributed by atoms with Gasteiger partial charge in [-0.05, 0) is 25.0 Å². The van der Waals surface area contributed by atoms with Crippen molar-refractivity contribution in [3.05, 3.63) is 28.5 Å². The van der Waals surface area contributed by atoms with E-state index in [1.807, 2.05) is 24.9 Å². The van der Waals surface area contributed by atoms with Gasteiger partial charge in [-0.1, -0.05) is 39.3 Å². The van der Waals surface area contributed by atoms with Gasteiger partial charge < -0.3 is 9.64 Å². The number of halogens is 1. The summed E-state index contributed by atoms with van der Waals surface area (Å²) in [7, 11) is 1.99. The lowest BCUT2D eigenvalue weighted by molar-refractivity contribution is 0.465. The zero-order chi connectivity index (χ0) is 18.6. The maximum atomic E-state index is 6.36. The standard InChI is InChI=1S/C18H25ClN4OS/c1-7-8-23(6)11-20-14-9-12(2)15(10-13(14)19)24-17-21-16(22-25-17)18(3,4)5/h9-11H,7-8H2,1-6H3. The van der Waals surface area contributed by atoms with Gasteiger partial charge >= 0.3 is 0 Å². The summed E-state index contributed by atoms with van der Waals surface area (Å²) in [6.45, 7) is 11.3. The second-order valence-corrected chi connectivity index (χ2v) is 8.15. The molecular formula is C18H25ClN4OS. The maximum absolute atomic E-state index is 6.36. The van der Waals surface area contributed by atoms with Crippen LogP contribution in [0.4, 0.5) is 5.69 Å². The van der Waals surface area contributed by atoms with E-state index in [2.05, 4.69) is 42.0 Å². The molecule has 0 unspecified atom stereocenters. The molecule has 2 rings (SSSR count). The van der Waals surface area contributed by atoms with Gasteiger partial charge in [0.15, 0.2) is 5.82 Å². The average molecular weight is 381 g/mol. The molecule has 0 aliphatic heterocycles. The Labute approximate surface area is 158 Å². The van der Waals surface area contributed by atoms with Crippen LogP contribution in [0.1, 0.15) is 45.5 Å². The minimum Gasteiger partial charge on any atom is -0.430 e. The molecule has 0 fully saturated rings. The number of hydrogen-bond acceptors (Lipinski definition) is 5. The number of hydrogen-bond donors (Lipinski definition) is 0. The maximum Gasteiger partial charge on any atom is 0.298 e. The Morgan fingerprint density at radius 1 is 1.36 bits per heavy atom. The van der Waals surface area contributed by atoms with Crippen LogP contribution in [-0.2, 0) is 5.41 Å². The van der Waals surface area contributed by atoms with Gasteiger partial charge in [0.25, 0.3) is 5.19 Å². The zero-order valence-electron chi connectivity index (χ0n) is 15.6. The third-order valence-corrected chi connectivity index (χ3v) is 4.39. The summed E-state index contributed by atoms with van der Waals surface area (Å²) in [5.41, 5.74) is 1.57. The summed E-state index contributed by atoms with van der Waals surface area (Å²) in [5, 5.41) is 1.06. The molecule has 7 heteroatoms. The molecule has 1 heterocycles. The average Bonchev–Trinajstić information content (AvgIpc) is 2.98. The van der Waals surface area contributed by atoms with Crippen molar-refractivity contribution in [1.82, 2.24) is 14.3 Å². The Morgan fingerprint density at radius 3 is 2.68 bits per heavy atom. The molecule has 0 atom stereocenters. The van der Waals surface area contributed by atoms with Gasteiger partial charge in [-0.2, -0.15) is 9.36 Å². The first-order valence-corrected chi connectivity index (χ1v) is 9.42. The minimum atomic E-state index is -0.103. The highest BCUT2D eigenvalue weighted by Crippen LogP contribution is 2.35. The van der Waals surface area contributed by atoms with E-state index in [0.717, 1.165) is 30.0 Å². The lowest BCUT2D eigenvalue weighted by Gasteiger charge is -2.12. The number of aryl methyl sites for hydroxylation is 1. The first-order chi connectivity index (χ1) is 11.7. The quantitative estimate of drug-likeness (QED) is 0.484. The summed E-state index contributed by atoms with van der Waals surface area (Å²) in [5.74, 6) is 1.44. The molecule has 0 amide bonds. The molecule has 0 saturated heterocycles. The van der Waals surface area contributed by atoms with Crippen molar-refractivity contribution in [1.29, 1.82) is 0 Å². The van der Waals surface area contributed by atoms with Crippen molar-refractivity contribution in [3.8, 4) is 10.9 Å². The molecule has 0 radical (unpaired) electrons. The van der Waals surface area contributed by atoms with E-state index >= 15 is 0 Å². The second-order valence-electron chi connectivity index (χ2n) is 7.03. The van der Waals surface area contributed by atoms with Gasteiger partial charge in [-0.25, -0.2) is 4.99 Å². The van der Waals surface area contributed by atoms with Gasteiger partial charge in [0.2, 0.25) is 0 Å². The highest BCUT2D eigenvalue weighted by atomic mass is 35.5. The number of nitrogens with zero attached hydrogens (tertiary/aromatic N) is 4. The van der Waals surface area contributed by atoms with Crippen LogP contribution in [0.2, 0.25) is 5.02 Å². The van der Waals surface area contributed by atoms with Crippen molar-refractivity contribution in [3.63, 3.8) is 0 Å². The number of rotatable bonds is 6. The van der Waals surface area contributed by atoms with Crippen LogP contribution in [0, 0.1) is 6.92 Å². The lowest BCUT2D eigenvalue weighted by atomic mass is 9.96. The van der Waals surface area contributed by atoms with Crippen LogP contribution < -0.4 is 4.74 Å². The number of ether oxygens (including phenoxy) is 1. The van der Waals surface area contributed by atoms with Gasteiger partial charge in [-0.15, -0.1) is 0 Å². The summed E-state index contributed by atoms with van der Waals surface area (Å²) in [6.07, 6.45) is 2.87. The SMILES string of the molecule is CCCN(C)C=Nc1cc(C)c(Oc2nc(C(C)(C)C)ns2)cc1Cl. The van der Waals surface area contributed by atoms with Gasteiger partial charge in [0.05, 0.1) is 17.0 Å². The summed E-state index contributed by atoms with van der Waals surface area (Å²) in [4.78, 5) is 10.9. The fourth-order valence-electron chi connectivity index (χ4n) is 2.08. The number of aliphatic imine (C=N–C) groups is 1. The molecule has 0 bridgehead atoms.